The molecule has 0 unspecified atom stereocenters. The molecular formula is C23H27N3O4S. The van der Waals surface area contributed by atoms with Crippen LogP contribution in [0.2, 0.25) is 0 Å². The third kappa shape index (κ3) is 7.42. The molecule has 0 aliphatic heterocycles. The van der Waals surface area contributed by atoms with Crippen LogP contribution in [-0.2, 0) is 4.79 Å². The fourth-order valence-corrected chi connectivity index (χ4v) is 2.91. The minimum absolute atomic E-state index is 0.0933. The van der Waals surface area contributed by atoms with E-state index in [1.807, 2.05) is 0 Å². The van der Waals surface area contributed by atoms with Crippen LogP contribution in [-0.4, -0.2) is 37.7 Å². The Morgan fingerprint density at radius 1 is 1.06 bits per heavy atom. The van der Waals surface area contributed by atoms with Gasteiger partial charge in [-0.1, -0.05) is 31.5 Å². The number of carbonyl (C=O) groups is 2. The molecule has 164 valence electrons. The average molecular weight is 442 g/mol. The molecule has 2 aromatic carbocycles. The van der Waals surface area contributed by atoms with Gasteiger partial charge in [0, 0.05) is 12.6 Å². The number of hydrogen-bond donors (Lipinski definition) is 3. The van der Waals surface area contributed by atoms with Crippen molar-refractivity contribution < 1.29 is 19.1 Å². The lowest BCUT2D eigenvalue weighted by Gasteiger charge is -2.13. The molecular weight excluding hydrogens is 414 g/mol. The van der Waals surface area contributed by atoms with Crippen molar-refractivity contribution in [2.45, 2.75) is 19.8 Å². The number of benzene rings is 2. The highest BCUT2D eigenvalue weighted by Crippen LogP contribution is 2.27. The molecule has 8 heteroatoms. The van der Waals surface area contributed by atoms with Gasteiger partial charge < -0.3 is 20.1 Å². The van der Waals surface area contributed by atoms with Gasteiger partial charge in [0.15, 0.2) is 16.6 Å². The quantitative estimate of drug-likeness (QED) is 0.312. The number of ether oxygens (including phenoxy) is 2. The number of thiocarbonyl (C=S) groups is 1. The summed E-state index contributed by atoms with van der Waals surface area (Å²) in [6.07, 6.45) is 4.89. The predicted octanol–water partition coefficient (Wildman–Crippen LogP) is 3.76. The maximum atomic E-state index is 12.4. The molecule has 7 nitrogen and oxygen atoms in total. The van der Waals surface area contributed by atoms with E-state index >= 15 is 0 Å². The molecule has 31 heavy (non-hydrogen) atoms. The first-order valence-electron chi connectivity index (χ1n) is 9.87. The van der Waals surface area contributed by atoms with E-state index < -0.39 is 5.91 Å². The molecule has 0 saturated carbocycles. The van der Waals surface area contributed by atoms with Gasteiger partial charge in [-0.2, -0.15) is 0 Å². The number of nitrogens with one attached hydrogen (secondary N) is 3. The number of unbranched alkanes of at least 4 members (excludes halogenated alkanes) is 1. The highest BCUT2D eigenvalue weighted by molar-refractivity contribution is 7.80. The van der Waals surface area contributed by atoms with Gasteiger partial charge in [-0.25, -0.2) is 0 Å². The SMILES string of the molecule is CCCCNC(=O)c1ccccc1NC(=S)NC(=O)/C=C/c1ccc(OC)c(OC)c1. The molecule has 2 rings (SSSR count). The summed E-state index contributed by atoms with van der Waals surface area (Å²) in [6.45, 7) is 2.66. The lowest BCUT2D eigenvalue weighted by molar-refractivity contribution is -0.115. The van der Waals surface area contributed by atoms with Crippen LogP contribution in [0.1, 0.15) is 35.7 Å². The first-order chi connectivity index (χ1) is 15.0. The molecule has 0 fully saturated rings. The van der Waals surface area contributed by atoms with Crippen LogP contribution in [0, 0.1) is 0 Å². The zero-order valence-electron chi connectivity index (χ0n) is 17.9. The molecule has 2 amide bonds. The van der Waals surface area contributed by atoms with Crippen molar-refractivity contribution in [1.29, 1.82) is 0 Å². The van der Waals surface area contributed by atoms with Gasteiger partial charge in [0.1, 0.15) is 0 Å². The van der Waals surface area contributed by atoms with Crippen LogP contribution in [0.15, 0.2) is 48.5 Å². The molecule has 3 N–H and O–H groups in total. The van der Waals surface area contributed by atoms with Crippen LogP contribution in [0.25, 0.3) is 6.08 Å². The van der Waals surface area contributed by atoms with Crippen LogP contribution in [0.3, 0.4) is 0 Å². The Bertz CT molecular complexity index is 960. The van der Waals surface area contributed by atoms with Gasteiger partial charge in [-0.15, -0.1) is 0 Å². The first kappa shape index (κ1) is 23.9. The van der Waals surface area contributed by atoms with E-state index in [2.05, 4.69) is 22.9 Å². The van der Waals surface area contributed by atoms with E-state index in [9.17, 15) is 9.59 Å². The van der Waals surface area contributed by atoms with Crippen molar-refractivity contribution >= 4 is 40.9 Å². The molecule has 2 aromatic rings. The molecule has 0 heterocycles. The first-order valence-corrected chi connectivity index (χ1v) is 10.3. The Hall–Kier alpha value is -3.39. The molecule has 0 bridgehead atoms. The fourth-order valence-electron chi connectivity index (χ4n) is 2.70. The molecule has 0 atom stereocenters. The maximum absolute atomic E-state index is 12.4. The molecule has 0 radical (unpaired) electrons. The van der Waals surface area contributed by atoms with Crippen molar-refractivity contribution in [3.63, 3.8) is 0 Å². The second kappa shape index (κ2) is 12.3. The van der Waals surface area contributed by atoms with Gasteiger partial charge in [0.05, 0.1) is 25.5 Å². The maximum Gasteiger partial charge on any atom is 0.253 e. The second-order valence-electron chi connectivity index (χ2n) is 6.55. The van der Waals surface area contributed by atoms with Crippen LogP contribution in [0.4, 0.5) is 5.69 Å². The third-order valence-electron chi connectivity index (χ3n) is 4.31. The topological polar surface area (TPSA) is 88.7 Å². The Labute approximate surface area is 187 Å². The highest BCUT2D eigenvalue weighted by atomic mass is 32.1. The smallest absolute Gasteiger partial charge is 0.253 e. The van der Waals surface area contributed by atoms with Crippen molar-refractivity contribution in [2.24, 2.45) is 0 Å². The largest absolute Gasteiger partial charge is 0.493 e. The normalized spacial score (nSPS) is 10.4. The highest BCUT2D eigenvalue weighted by Gasteiger charge is 2.12. The Kier molecular flexibility index (Phi) is 9.51. The van der Waals surface area contributed by atoms with E-state index in [0.29, 0.717) is 29.3 Å². The molecule has 0 aromatic heterocycles. The van der Waals surface area contributed by atoms with Crippen LogP contribution in [0.5, 0.6) is 11.5 Å². The van der Waals surface area contributed by atoms with Gasteiger partial charge in [-0.3, -0.25) is 14.9 Å². The van der Waals surface area contributed by atoms with E-state index in [1.165, 1.54) is 6.08 Å². The minimum Gasteiger partial charge on any atom is -0.493 e. The lowest BCUT2D eigenvalue weighted by Crippen LogP contribution is -2.34. The summed E-state index contributed by atoms with van der Waals surface area (Å²) >= 11 is 5.22. The lowest BCUT2D eigenvalue weighted by atomic mass is 10.1. The fraction of sp³-hybridized carbons (Fsp3) is 0.261. The number of amides is 2. The molecule has 0 aliphatic carbocycles. The summed E-state index contributed by atoms with van der Waals surface area (Å²) < 4.78 is 10.5. The van der Waals surface area contributed by atoms with E-state index in [4.69, 9.17) is 21.7 Å². The van der Waals surface area contributed by atoms with Crippen LogP contribution < -0.4 is 25.4 Å². The number of carbonyl (C=O) groups excluding carboxylic acids is 2. The van der Waals surface area contributed by atoms with Crippen molar-refractivity contribution in [1.82, 2.24) is 10.6 Å². The summed E-state index contributed by atoms with van der Waals surface area (Å²) in [5.41, 5.74) is 1.74. The third-order valence-corrected chi connectivity index (χ3v) is 4.51. The molecule has 0 spiro atoms. The number of rotatable bonds is 9. The zero-order chi connectivity index (χ0) is 22.6. The van der Waals surface area contributed by atoms with Crippen molar-refractivity contribution in [3.8, 4) is 11.5 Å². The average Bonchev–Trinajstić information content (AvgIpc) is 2.77. The van der Waals surface area contributed by atoms with Crippen molar-refractivity contribution in [2.75, 3.05) is 26.1 Å². The van der Waals surface area contributed by atoms with Gasteiger partial charge in [-0.05, 0) is 54.5 Å². The molecule has 0 aliphatic rings. The van der Waals surface area contributed by atoms with E-state index in [-0.39, 0.29) is 11.0 Å². The predicted molar refractivity (Wildman–Crippen MR) is 127 cm³/mol. The Morgan fingerprint density at radius 3 is 2.52 bits per heavy atom. The number of hydrogen-bond acceptors (Lipinski definition) is 5. The Balaban J connectivity index is 1.98. The summed E-state index contributed by atoms with van der Waals surface area (Å²) in [4.78, 5) is 24.6. The molecule has 0 saturated heterocycles. The Morgan fingerprint density at radius 2 is 1.81 bits per heavy atom. The van der Waals surface area contributed by atoms with E-state index in [0.717, 1.165) is 18.4 Å². The van der Waals surface area contributed by atoms with Crippen molar-refractivity contribution in [3.05, 3.63) is 59.7 Å². The van der Waals surface area contributed by atoms with Crippen LogP contribution >= 0.6 is 12.2 Å². The standard InChI is InChI=1S/C23H27N3O4S/c1-4-5-14-24-22(28)17-8-6-7-9-18(17)25-23(31)26-21(27)13-11-16-10-12-19(29-2)20(15-16)30-3/h6-13,15H,4-5,14H2,1-3H3,(H,24,28)(H2,25,26,27,31)/b13-11+. The number of para-hydroxylation sites is 1. The summed E-state index contributed by atoms with van der Waals surface area (Å²) in [7, 11) is 3.10. The monoisotopic (exact) mass is 441 g/mol. The van der Waals surface area contributed by atoms with Gasteiger partial charge in [0.25, 0.3) is 5.91 Å². The van der Waals surface area contributed by atoms with Gasteiger partial charge in [0.2, 0.25) is 5.91 Å². The number of anilines is 1. The minimum atomic E-state index is -0.405. The summed E-state index contributed by atoms with van der Waals surface area (Å²) in [5, 5.41) is 8.45. The number of methoxy groups -OCH3 is 2. The summed E-state index contributed by atoms with van der Waals surface area (Å²) in [5.74, 6) is 0.569. The zero-order valence-corrected chi connectivity index (χ0v) is 18.7. The van der Waals surface area contributed by atoms with Gasteiger partial charge >= 0.3 is 0 Å². The van der Waals surface area contributed by atoms with E-state index in [1.54, 1.807) is 62.8 Å². The second-order valence-corrected chi connectivity index (χ2v) is 6.95. The summed E-state index contributed by atoms with van der Waals surface area (Å²) in [6, 6.07) is 12.3.